The molecule has 1 aromatic carbocycles. The Balaban J connectivity index is 1.47. The molecule has 3 heterocycles. The quantitative estimate of drug-likeness (QED) is 0.595. The fourth-order valence-electron chi connectivity index (χ4n) is 3.50. The summed E-state index contributed by atoms with van der Waals surface area (Å²) in [7, 11) is -0.106. The molecule has 0 saturated carbocycles. The van der Waals surface area contributed by atoms with E-state index in [4.69, 9.17) is 14.5 Å². The maximum Gasteiger partial charge on any atom is 0.252 e. The highest BCUT2D eigenvalue weighted by Gasteiger charge is 2.29. The summed E-state index contributed by atoms with van der Waals surface area (Å²) in [6.07, 6.45) is 0. The average molecular weight is 434 g/mol. The van der Waals surface area contributed by atoms with E-state index in [0.29, 0.717) is 36.9 Å². The molecule has 1 fully saturated rings. The van der Waals surface area contributed by atoms with Gasteiger partial charge in [-0.3, -0.25) is 9.88 Å². The zero-order valence-electron chi connectivity index (χ0n) is 16.4. The normalized spacial score (nSPS) is 16.2. The molecule has 1 saturated heterocycles. The first-order valence-corrected chi connectivity index (χ1v) is 11.6. The molecule has 9 heteroatoms. The zero-order valence-corrected chi connectivity index (χ0v) is 18.0. The van der Waals surface area contributed by atoms with Crippen molar-refractivity contribution < 1.29 is 17.9 Å². The van der Waals surface area contributed by atoms with Gasteiger partial charge in [-0.2, -0.15) is 4.31 Å². The number of fused-ring (bicyclic) bond motifs is 1. The minimum Gasteiger partial charge on any atom is -0.497 e. The third-order valence-corrected chi connectivity index (χ3v) is 8.33. The lowest BCUT2D eigenvalue weighted by Gasteiger charge is -2.33. The van der Waals surface area contributed by atoms with E-state index in [0.717, 1.165) is 28.1 Å². The first kappa shape index (κ1) is 20.1. The SMILES string of the molecule is COc1ccc2nc(CN3CCN(S(=O)(=O)c4cccs4)CC3)cc(OC)c2c1. The fourth-order valence-corrected chi connectivity index (χ4v) is 6.06. The summed E-state index contributed by atoms with van der Waals surface area (Å²) in [5, 5.41) is 2.69. The summed E-state index contributed by atoms with van der Waals surface area (Å²) in [4.78, 5) is 6.97. The lowest BCUT2D eigenvalue weighted by molar-refractivity contribution is 0.180. The average Bonchev–Trinajstić information content (AvgIpc) is 3.29. The van der Waals surface area contributed by atoms with Crippen LogP contribution in [0.4, 0.5) is 0 Å². The van der Waals surface area contributed by atoms with Gasteiger partial charge in [0.2, 0.25) is 0 Å². The molecule has 29 heavy (non-hydrogen) atoms. The van der Waals surface area contributed by atoms with Gasteiger partial charge < -0.3 is 9.47 Å². The predicted octanol–water partition coefficient (Wildman–Crippen LogP) is 2.82. The van der Waals surface area contributed by atoms with Gasteiger partial charge in [-0.15, -0.1) is 11.3 Å². The van der Waals surface area contributed by atoms with Crippen molar-refractivity contribution in [3.05, 3.63) is 47.5 Å². The van der Waals surface area contributed by atoms with E-state index in [-0.39, 0.29) is 0 Å². The Morgan fingerprint density at radius 3 is 2.52 bits per heavy atom. The molecule has 0 spiro atoms. The van der Waals surface area contributed by atoms with E-state index in [1.54, 1.807) is 36.0 Å². The van der Waals surface area contributed by atoms with Gasteiger partial charge in [0.15, 0.2) is 0 Å². The Kier molecular flexibility index (Phi) is 5.73. The Labute approximate surface area is 174 Å². The van der Waals surface area contributed by atoms with Gasteiger partial charge in [0.1, 0.15) is 15.7 Å². The Morgan fingerprint density at radius 2 is 1.86 bits per heavy atom. The van der Waals surface area contributed by atoms with Gasteiger partial charge in [-0.25, -0.2) is 8.42 Å². The van der Waals surface area contributed by atoms with Crippen molar-refractivity contribution in [1.82, 2.24) is 14.2 Å². The number of pyridine rings is 1. The number of ether oxygens (including phenoxy) is 2. The summed E-state index contributed by atoms with van der Waals surface area (Å²) in [5.74, 6) is 1.51. The number of aromatic nitrogens is 1. The van der Waals surface area contributed by atoms with E-state index in [1.165, 1.54) is 11.3 Å². The maximum absolute atomic E-state index is 12.7. The van der Waals surface area contributed by atoms with Crippen LogP contribution in [0, 0.1) is 0 Å². The number of hydrogen-bond acceptors (Lipinski definition) is 7. The number of sulfonamides is 1. The molecule has 4 rings (SSSR count). The smallest absolute Gasteiger partial charge is 0.252 e. The van der Waals surface area contributed by atoms with Gasteiger partial charge in [0.25, 0.3) is 10.0 Å². The van der Waals surface area contributed by atoms with Gasteiger partial charge in [0, 0.05) is 44.2 Å². The molecular weight excluding hydrogens is 410 g/mol. The number of piperazine rings is 1. The first-order valence-electron chi connectivity index (χ1n) is 9.29. The van der Waals surface area contributed by atoms with Gasteiger partial charge >= 0.3 is 0 Å². The molecule has 0 unspecified atom stereocenters. The molecule has 1 aliphatic heterocycles. The molecule has 3 aromatic rings. The van der Waals surface area contributed by atoms with E-state index in [1.807, 2.05) is 24.3 Å². The monoisotopic (exact) mass is 433 g/mol. The molecule has 0 atom stereocenters. The summed E-state index contributed by atoms with van der Waals surface area (Å²) in [6, 6.07) is 11.1. The van der Waals surface area contributed by atoms with Crippen LogP contribution in [0.5, 0.6) is 11.5 Å². The zero-order chi connectivity index (χ0) is 20.4. The third-order valence-electron chi connectivity index (χ3n) is 5.06. The van der Waals surface area contributed by atoms with E-state index in [9.17, 15) is 8.42 Å². The van der Waals surface area contributed by atoms with Crippen LogP contribution in [0.1, 0.15) is 5.69 Å². The lowest BCUT2D eigenvalue weighted by Crippen LogP contribution is -2.48. The second-order valence-corrected chi connectivity index (χ2v) is 9.92. The predicted molar refractivity (Wildman–Crippen MR) is 113 cm³/mol. The van der Waals surface area contributed by atoms with Crippen molar-refractivity contribution in [3.8, 4) is 11.5 Å². The van der Waals surface area contributed by atoms with Crippen molar-refractivity contribution >= 4 is 32.3 Å². The second-order valence-electron chi connectivity index (χ2n) is 6.81. The number of benzene rings is 1. The second kappa shape index (κ2) is 8.27. The fraction of sp³-hybridized carbons (Fsp3) is 0.350. The summed E-state index contributed by atoms with van der Waals surface area (Å²) < 4.78 is 38.2. The minimum atomic E-state index is -3.38. The van der Waals surface area contributed by atoms with Crippen LogP contribution in [-0.4, -0.2) is 63.0 Å². The van der Waals surface area contributed by atoms with Crippen LogP contribution in [0.15, 0.2) is 46.0 Å². The topological polar surface area (TPSA) is 72.0 Å². The van der Waals surface area contributed by atoms with Crippen molar-refractivity contribution in [2.75, 3.05) is 40.4 Å². The number of thiophene rings is 1. The maximum atomic E-state index is 12.7. The standard InChI is InChI=1S/C20H23N3O4S2/c1-26-16-5-6-18-17(13-16)19(27-2)12-15(21-18)14-22-7-9-23(10-8-22)29(24,25)20-4-3-11-28-20/h3-6,11-13H,7-10,14H2,1-2H3. The molecule has 0 aliphatic carbocycles. The number of nitrogens with zero attached hydrogens (tertiary/aromatic N) is 3. The van der Waals surface area contributed by atoms with Crippen LogP contribution in [-0.2, 0) is 16.6 Å². The van der Waals surface area contributed by atoms with Crippen LogP contribution in [0.2, 0.25) is 0 Å². The van der Waals surface area contributed by atoms with Crippen LogP contribution in [0.3, 0.4) is 0 Å². The minimum absolute atomic E-state index is 0.405. The largest absolute Gasteiger partial charge is 0.497 e. The van der Waals surface area contributed by atoms with Gasteiger partial charge in [0.05, 0.1) is 25.4 Å². The molecule has 7 nitrogen and oxygen atoms in total. The molecule has 0 radical (unpaired) electrons. The molecule has 0 amide bonds. The Hall–Kier alpha value is -2.20. The third kappa shape index (κ3) is 4.09. The van der Waals surface area contributed by atoms with Gasteiger partial charge in [-0.05, 0) is 29.6 Å². The summed E-state index contributed by atoms with van der Waals surface area (Å²) in [6.45, 7) is 2.92. The van der Waals surface area contributed by atoms with Gasteiger partial charge in [-0.1, -0.05) is 6.07 Å². The molecule has 0 N–H and O–H groups in total. The van der Waals surface area contributed by atoms with E-state index >= 15 is 0 Å². The number of methoxy groups -OCH3 is 2. The van der Waals surface area contributed by atoms with Crippen LogP contribution in [0.25, 0.3) is 10.9 Å². The molecular formula is C20H23N3O4S2. The van der Waals surface area contributed by atoms with Crippen molar-refractivity contribution in [2.24, 2.45) is 0 Å². The lowest BCUT2D eigenvalue weighted by atomic mass is 10.1. The highest BCUT2D eigenvalue weighted by Crippen LogP contribution is 2.29. The highest BCUT2D eigenvalue weighted by molar-refractivity contribution is 7.91. The van der Waals surface area contributed by atoms with E-state index < -0.39 is 10.0 Å². The van der Waals surface area contributed by atoms with Crippen LogP contribution >= 0.6 is 11.3 Å². The number of rotatable bonds is 6. The molecule has 2 aromatic heterocycles. The molecule has 1 aliphatic rings. The molecule has 0 bridgehead atoms. The Morgan fingerprint density at radius 1 is 1.07 bits per heavy atom. The van der Waals surface area contributed by atoms with Crippen molar-refractivity contribution in [1.29, 1.82) is 0 Å². The highest BCUT2D eigenvalue weighted by atomic mass is 32.2. The van der Waals surface area contributed by atoms with Crippen LogP contribution < -0.4 is 9.47 Å². The van der Waals surface area contributed by atoms with Crippen molar-refractivity contribution in [3.63, 3.8) is 0 Å². The number of hydrogen-bond donors (Lipinski definition) is 0. The summed E-state index contributed by atoms with van der Waals surface area (Å²) >= 11 is 1.26. The first-order chi connectivity index (χ1) is 14.0. The molecule has 154 valence electrons. The van der Waals surface area contributed by atoms with E-state index in [2.05, 4.69) is 4.90 Å². The summed E-state index contributed by atoms with van der Waals surface area (Å²) in [5.41, 5.74) is 1.74. The Bertz CT molecular complexity index is 1090. The van der Waals surface area contributed by atoms with Crippen molar-refractivity contribution in [2.45, 2.75) is 10.8 Å².